The van der Waals surface area contributed by atoms with Crippen molar-refractivity contribution in [1.29, 1.82) is 10.5 Å². The van der Waals surface area contributed by atoms with Gasteiger partial charge in [0.25, 0.3) is 0 Å². The van der Waals surface area contributed by atoms with E-state index < -0.39 is 23.3 Å². The largest absolute Gasteiger partial charge is 0.400 e. The zero-order valence-corrected chi connectivity index (χ0v) is 19.1. The van der Waals surface area contributed by atoms with E-state index >= 15 is 0 Å². The second-order valence-electron chi connectivity index (χ2n) is 8.92. The van der Waals surface area contributed by atoms with Crippen molar-refractivity contribution in [2.24, 2.45) is 23.7 Å². The van der Waals surface area contributed by atoms with E-state index in [2.05, 4.69) is 0 Å². The number of hydrogen-bond donors (Lipinski definition) is 0. The highest BCUT2D eigenvalue weighted by Crippen LogP contribution is 2.67. The number of carbonyl (C=O) groups is 1. The average molecular weight is 487 g/mol. The van der Waals surface area contributed by atoms with Crippen molar-refractivity contribution in [2.75, 3.05) is 12.4 Å². The molecule has 0 aromatic heterocycles. The molecule has 5 aliphatic rings. The number of nitrogens with zero attached hydrogens (tertiary/aromatic N) is 2. The van der Waals surface area contributed by atoms with Crippen LogP contribution >= 0.6 is 35.3 Å². The summed E-state index contributed by atoms with van der Waals surface area (Å²) in [6.07, 6.45) is -3.21. The molecule has 166 valence electrons. The predicted molar refractivity (Wildman–Crippen MR) is 115 cm³/mol. The quantitative estimate of drug-likeness (QED) is 0.541. The third kappa shape index (κ3) is 3.36. The Balaban J connectivity index is 1.57. The molecule has 0 N–H and O–H groups in total. The van der Waals surface area contributed by atoms with Crippen molar-refractivity contribution in [2.45, 2.75) is 58.3 Å². The molecule has 4 aliphatic heterocycles. The molecule has 4 saturated heterocycles. The number of fused-ring (bicyclic) bond motifs is 4. The molecule has 0 amide bonds. The van der Waals surface area contributed by atoms with E-state index in [1.54, 1.807) is 11.8 Å². The molecule has 4 heterocycles. The highest BCUT2D eigenvalue weighted by Gasteiger charge is 2.67. The normalized spacial score (nSPS) is 45.7. The molecule has 0 radical (unpaired) electrons. The van der Waals surface area contributed by atoms with E-state index in [1.165, 1.54) is 18.7 Å². The van der Waals surface area contributed by atoms with Gasteiger partial charge in [0, 0.05) is 27.6 Å². The maximum Gasteiger partial charge on any atom is 0.400 e. The molecule has 0 spiro atoms. The van der Waals surface area contributed by atoms with Crippen molar-refractivity contribution in [3.63, 3.8) is 0 Å². The van der Waals surface area contributed by atoms with Gasteiger partial charge >= 0.3 is 6.18 Å². The minimum atomic E-state index is -4.37. The lowest BCUT2D eigenvalue weighted by Gasteiger charge is -2.33. The third-order valence-electron chi connectivity index (χ3n) is 7.48. The topological polar surface area (TPSA) is 73.9 Å². The van der Waals surface area contributed by atoms with Gasteiger partial charge in [-0.05, 0) is 42.9 Å². The zero-order chi connectivity index (χ0) is 22.1. The fourth-order valence-electron chi connectivity index (χ4n) is 6.36. The maximum atomic E-state index is 14.3. The Morgan fingerprint density at radius 1 is 1.16 bits per heavy atom. The van der Waals surface area contributed by atoms with E-state index in [1.807, 2.05) is 12.1 Å². The van der Waals surface area contributed by atoms with Gasteiger partial charge in [0.15, 0.2) is 0 Å². The maximum absolute atomic E-state index is 14.3. The van der Waals surface area contributed by atoms with Gasteiger partial charge < -0.3 is 4.74 Å². The first kappa shape index (κ1) is 22.0. The Morgan fingerprint density at radius 3 is 2.55 bits per heavy atom. The van der Waals surface area contributed by atoms with Crippen LogP contribution in [-0.2, 0) is 9.53 Å². The van der Waals surface area contributed by atoms with Crippen LogP contribution in [0.15, 0.2) is 11.1 Å². The fourth-order valence-corrected chi connectivity index (χ4v) is 11.9. The molecular weight excluding hydrogens is 465 g/mol. The predicted octanol–water partition coefficient (Wildman–Crippen LogP) is 4.22. The SMILES string of the molecule is CC(=O)C1CC2OCC(C3C4C(=C(C#N)C#N)C5CCSC5C4SC3C(F)(F)F)C2S1. The van der Waals surface area contributed by atoms with E-state index in [0.717, 1.165) is 23.9 Å². The number of thioether (sulfide) groups is 3. The Bertz CT molecular complexity index is 895. The lowest BCUT2D eigenvalue weighted by atomic mass is 9.73. The van der Waals surface area contributed by atoms with Crippen LogP contribution in [0.2, 0.25) is 0 Å². The van der Waals surface area contributed by atoms with Crippen molar-refractivity contribution in [3.05, 3.63) is 11.1 Å². The van der Waals surface area contributed by atoms with Gasteiger partial charge in [-0.1, -0.05) is 0 Å². The summed E-state index contributed by atoms with van der Waals surface area (Å²) < 4.78 is 48.8. The summed E-state index contributed by atoms with van der Waals surface area (Å²) in [5.41, 5.74) is 0.679. The molecular formula is C21H21F3N2O2S3. The first-order valence-electron chi connectivity index (χ1n) is 10.4. The summed E-state index contributed by atoms with van der Waals surface area (Å²) in [6, 6.07) is 3.98. The van der Waals surface area contributed by atoms with Gasteiger partial charge in [0.05, 0.1) is 18.0 Å². The molecule has 0 aromatic carbocycles. The molecule has 5 fully saturated rings. The number of halogens is 3. The monoisotopic (exact) mass is 486 g/mol. The standard InChI is InChI=1S/C21H21F3N2O2S3/c1-8(27)13-4-12-17(30-13)11(7-28-12)15-16-14(9(5-25)6-26)10-2-3-29-18(10)19(16)31-20(15)21(22,23)24/h10-13,15-20H,2-4,7H2,1H3. The van der Waals surface area contributed by atoms with Crippen LogP contribution < -0.4 is 0 Å². The number of nitriles is 2. The minimum absolute atomic E-state index is 0.00887. The van der Waals surface area contributed by atoms with E-state index in [9.17, 15) is 28.5 Å². The summed E-state index contributed by atoms with van der Waals surface area (Å²) in [6.45, 7) is 1.77. The van der Waals surface area contributed by atoms with Crippen molar-refractivity contribution >= 4 is 41.1 Å². The minimum Gasteiger partial charge on any atom is -0.377 e. The van der Waals surface area contributed by atoms with Crippen LogP contribution in [0.3, 0.4) is 0 Å². The van der Waals surface area contributed by atoms with E-state index in [-0.39, 0.29) is 56.9 Å². The van der Waals surface area contributed by atoms with Gasteiger partial charge in [-0.2, -0.15) is 35.5 Å². The Labute approximate surface area is 191 Å². The highest BCUT2D eigenvalue weighted by molar-refractivity contribution is 8.04. The van der Waals surface area contributed by atoms with Crippen LogP contribution in [0.25, 0.3) is 0 Å². The average Bonchev–Trinajstić information content (AvgIpc) is 3.47. The zero-order valence-electron chi connectivity index (χ0n) is 16.7. The van der Waals surface area contributed by atoms with Crippen molar-refractivity contribution in [3.8, 4) is 12.1 Å². The van der Waals surface area contributed by atoms with Crippen molar-refractivity contribution < 1.29 is 22.7 Å². The van der Waals surface area contributed by atoms with Crippen LogP contribution in [0.4, 0.5) is 13.2 Å². The molecule has 31 heavy (non-hydrogen) atoms. The second-order valence-corrected chi connectivity index (χ2v) is 12.9. The lowest BCUT2D eigenvalue weighted by molar-refractivity contribution is -0.142. The number of Topliss-reactive ketones (excluding diaryl/α,β-unsaturated/α-hetero) is 1. The number of ether oxygens (including phenoxy) is 1. The smallest absolute Gasteiger partial charge is 0.377 e. The molecule has 0 bridgehead atoms. The van der Waals surface area contributed by atoms with Crippen LogP contribution in [0.1, 0.15) is 19.8 Å². The number of rotatable bonds is 2. The molecule has 10 atom stereocenters. The third-order valence-corrected chi connectivity index (χ3v) is 12.7. The fraction of sp³-hybridized carbons (Fsp3) is 0.762. The highest BCUT2D eigenvalue weighted by atomic mass is 32.2. The van der Waals surface area contributed by atoms with Gasteiger partial charge in [0.2, 0.25) is 0 Å². The molecule has 1 saturated carbocycles. The van der Waals surface area contributed by atoms with Crippen LogP contribution in [0.5, 0.6) is 0 Å². The molecule has 4 nitrogen and oxygen atoms in total. The van der Waals surface area contributed by atoms with Crippen LogP contribution in [0, 0.1) is 46.3 Å². The summed E-state index contributed by atoms with van der Waals surface area (Å²) in [7, 11) is 0. The van der Waals surface area contributed by atoms with E-state index in [4.69, 9.17) is 4.74 Å². The van der Waals surface area contributed by atoms with Gasteiger partial charge in [-0.15, -0.1) is 23.5 Å². The molecule has 0 aromatic rings. The Morgan fingerprint density at radius 2 is 1.90 bits per heavy atom. The summed E-state index contributed by atoms with van der Waals surface area (Å²) in [5.74, 6) is -0.610. The molecule has 5 rings (SSSR count). The lowest BCUT2D eigenvalue weighted by Crippen LogP contribution is -2.41. The van der Waals surface area contributed by atoms with Gasteiger partial charge in [0.1, 0.15) is 28.7 Å². The molecule has 10 heteroatoms. The first-order chi connectivity index (χ1) is 14.8. The second kappa shape index (κ2) is 7.90. The van der Waals surface area contributed by atoms with Crippen molar-refractivity contribution in [1.82, 2.24) is 0 Å². The number of allylic oxidation sites excluding steroid dienone is 2. The number of alkyl halides is 3. The Kier molecular flexibility index (Phi) is 5.61. The molecule has 10 unspecified atom stereocenters. The number of ketones is 1. The summed E-state index contributed by atoms with van der Waals surface area (Å²) >= 11 is 4.17. The first-order valence-corrected chi connectivity index (χ1v) is 13.3. The number of carbonyl (C=O) groups excluding carboxylic acids is 1. The summed E-state index contributed by atoms with van der Waals surface area (Å²) in [5, 5.41) is 17.1. The van der Waals surface area contributed by atoms with Gasteiger partial charge in [-0.3, -0.25) is 4.79 Å². The van der Waals surface area contributed by atoms with Crippen LogP contribution in [-0.4, -0.2) is 56.7 Å². The van der Waals surface area contributed by atoms with E-state index in [0.29, 0.717) is 12.0 Å². The summed E-state index contributed by atoms with van der Waals surface area (Å²) in [4.78, 5) is 11.9. The Hall–Kier alpha value is -0.810. The number of hydrogen-bond acceptors (Lipinski definition) is 7. The van der Waals surface area contributed by atoms with Gasteiger partial charge in [-0.25, -0.2) is 0 Å². The molecule has 1 aliphatic carbocycles.